The molecule has 2 atom stereocenters. The number of pyridine rings is 1. The molecule has 1 aromatic heterocycles. The highest BCUT2D eigenvalue weighted by Crippen LogP contribution is 2.25. The maximum absolute atomic E-state index is 11.8. The Kier molecular flexibility index (Phi) is 4.77. The maximum Gasteiger partial charge on any atom is 0.254 e. The van der Waals surface area contributed by atoms with Gasteiger partial charge >= 0.3 is 0 Å². The molecule has 0 aliphatic heterocycles. The molecule has 104 valence electrons. The molecule has 1 saturated carbocycles. The van der Waals surface area contributed by atoms with E-state index in [1.807, 2.05) is 6.07 Å². The summed E-state index contributed by atoms with van der Waals surface area (Å²) >= 11 is 0. The largest absolute Gasteiger partial charge is 0.367 e. The Morgan fingerprint density at radius 1 is 1.32 bits per heavy atom. The molecule has 1 aliphatic rings. The van der Waals surface area contributed by atoms with Crippen molar-refractivity contribution in [3.8, 4) is 0 Å². The van der Waals surface area contributed by atoms with E-state index in [0.717, 1.165) is 18.8 Å². The summed E-state index contributed by atoms with van der Waals surface area (Å²) in [6.45, 7) is 2.32. The molecule has 2 unspecified atom stereocenters. The lowest BCUT2D eigenvalue weighted by molar-refractivity contribution is 0.0963. The Balaban J connectivity index is 2.08. The number of carbonyl (C=O) groups excluding carboxylic acids is 1. The van der Waals surface area contributed by atoms with Crippen LogP contribution in [0.3, 0.4) is 0 Å². The van der Waals surface area contributed by atoms with Gasteiger partial charge in [-0.2, -0.15) is 0 Å². The van der Waals surface area contributed by atoms with Gasteiger partial charge in [0.1, 0.15) is 5.82 Å². The number of nitrogens with zero attached hydrogens (tertiary/aromatic N) is 1. The number of hydrogen-bond acceptors (Lipinski definition) is 3. The molecule has 1 aromatic rings. The molecule has 0 radical (unpaired) electrons. The van der Waals surface area contributed by atoms with Gasteiger partial charge in [-0.1, -0.05) is 19.8 Å². The lowest BCUT2D eigenvalue weighted by Crippen LogP contribution is -2.24. The summed E-state index contributed by atoms with van der Waals surface area (Å²) in [5.41, 5.74) is 0.627. The Morgan fingerprint density at radius 3 is 2.95 bits per heavy atom. The molecule has 1 fully saturated rings. The highest BCUT2D eigenvalue weighted by atomic mass is 16.1. The summed E-state index contributed by atoms with van der Waals surface area (Å²) in [5.74, 6) is 1.44. The number of anilines is 1. The van der Waals surface area contributed by atoms with Crippen LogP contribution >= 0.6 is 0 Å². The summed E-state index contributed by atoms with van der Waals surface area (Å²) in [7, 11) is 1.65. The molecule has 2 N–H and O–H groups in total. The van der Waals surface area contributed by atoms with Crippen molar-refractivity contribution < 1.29 is 4.79 Å². The van der Waals surface area contributed by atoms with E-state index in [1.165, 1.54) is 19.3 Å². The van der Waals surface area contributed by atoms with Crippen LogP contribution in [0.2, 0.25) is 0 Å². The smallest absolute Gasteiger partial charge is 0.254 e. The van der Waals surface area contributed by atoms with E-state index >= 15 is 0 Å². The Labute approximate surface area is 115 Å². The quantitative estimate of drug-likeness (QED) is 0.823. The fraction of sp³-hybridized carbons (Fsp3) is 0.600. The van der Waals surface area contributed by atoms with Gasteiger partial charge in [-0.25, -0.2) is 4.98 Å². The molecule has 1 aliphatic carbocycles. The minimum Gasteiger partial charge on any atom is -0.367 e. The number of rotatable bonds is 3. The van der Waals surface area contributed by atoms with Gasteiger partial charge < -0.3 is 10.6 Å². The highest BCUT2D eigenvalue weighted by Gasteiger charge is 2.18. The molecule has 1 amide bonds. The first kappa shape index (κ1) is 13.8. The van der Waals surface area contributed by atoms with Crippen LogP contribution < -0.4 is 10.6 Å². The predicted octanol–water partition coefficient (Wildman–Crippen LogP) is 2.82. The fourth-order valence-corrected chi connectivity index (χ4v) is 2.66. The molecule has 2 rings (SSSR count). The number of amides is 1. The third-order valence-electron chi connectivity index (χ3n) is 3.88. The van der Waals surface area contributed by atoms with Gasteiger partial charge in [-0.05, 0) is 37.3 Å². The molecule has 4 nitrogen and oxygen atoms in total. The monoisotopic (exact) mass is 261 g/mol. The summed E-state index contributed by atoms with van der Waals surface area (Å²) in [4.78, 5) is 16.1. The van der Waals surface area contributed by atoms with Crippen LogP contribution in [-0.2, 0) is 0 Å². The Morgan fingerprint density at radius 2 is 2.16 bits per heavy atom. The number of hydrogen-bond donors (Lipinski definition) is 2. The second kappa shape index (κ2) is 6.55. The number of carbonyl (C=O) groups is 1. The fourth-order valence-electron chi connectivity index (χ4n) is 2.66. The van der Waals surface area contributed by atoms with Crippen LogP contribution in [0.4, 0.5) is 5.82 Å². The van der Waals surface area contributed by atoms with Gasteiger partial charge in [0.05, 0.1) is 5.56 Å². The molecular weight excluding hydrogens is 238 g/mol. The zero-order valence-corrected chi connectivity index (χ0v) is 11.8. The summed E-state index contributed by atoms with van der Waals surface area (Å²) in [5, 5.41) is 6.11. The number of nitrogens with one attached hydrogen (secondary N) is 2. The lowest BCUT2D eigenvalue weighted by Gasteiger charge is -2.18. The van der Waals surface area contributed by atoms with E-state index in [-0.39, 0.29) is 5.91 Å². The third-order valence-corrected chi connectivity index (χ3v) is 3.88. The van der Waals surface area contributed by atoms with Gasteiger partial charge in [0.25, 0.3) is 5.91 Å². The van der Waals surface area contributed by atoms with E-state index < -0.39 is 0 Å². The van der Waals surface area contributed by atoms with Crippen LogP contribution in [0.5, 0.6) is 0 Å². The Bertz CT molecular complexity index is 433. The van der Waals surface area contributed by atoms with Gasteiger partial charge in [0.2, 0.25) is 0 Å². The molecule has 1 heterocycles. The molecule has 0 saturated heterocycles. The van der Waals surface area contributed by atoms with E-state index in [2.05, 4.69) is 22.5 Å². The van der Waals surface area contributed by atoms with Crippen molar-refractivity contribution in [2.45, 2.75) is 45.1 Å². The topological polar surface area (TPSA) is 54.0 Å². The SMILES string of the molecule is CNC(=O)c1cccnc1NC1CCCC(C)CC1. The van der Waals surface area contributed by atoms with E-state index in [1.54, 1.807) is 19.3 Å². The van der Waals surface area contributed by atoms with Gasteiger partial charge in [0, 0.05) is 19.3 Å². The zero-order chi connectivity index (χ0) is 13.7. The first-order chi connectivity index (χ1) is 9.20. The first-order valence-electron chi connectivity index (χ1n) is 7.14. The van der Waals surface area contributed by atoms with Crippen LogP contribution in [0, 0.1) is 5.92 Å². The second-order valence-corrected chi connectivity index (χ2v) is 5.43. The van der Waals surface area contributed by atoms with Gasteiger partial charge in [0.15, 0.2) is 0 Å². The van der Waals surface area contributed by atoms with E-state index in [9.17, 15) is 4.79 Å². The van der Waals surface area contributed by atoms with Gasteiger partial charge in [-0.15, -0.1) is 0 Å². The van der Waals surface area contributed by atoms with Crippen LogP contribution in [0.25, 0.3) is 0 Å². The van der Waals surface area contributed by atoms with Crippen molar-refractivity contribution in [2.24, 2.45) is 5.92 Å². The Hall–Kier alpha value is -1.58. The van der Waals surface area contributed by atoms with E-state index in [4.69, 9.17) is 0 Å². The second-order valence-electron chi connectivity index (χ2n) is 5.43. The molecule has 4 heteroatoms. The molecular formula is C15H23N3O. The zero-order valence-electron chi connectivity index (χ0n) is 11.8. The van der Waals surface area contributed by atoms with Crippen molar-refractivity contribution in [1.29, 1.82) is 0 Å². The minimum atomic E-state index is -0.0856. The predicted molar refractivity (Wildman–Crippen MR) is 77.3 cm³/mol. The third kappa shape index (κ3) is 3.69. The average Bonchev–Trinajstić information content (AvgIpc) is 2.63. The molecule has 19 heavy (non-hydrogen) atoms. The van der Waals surface area contributed by atoms with Gasteiger partial charge in [-0.3, -0.25) is 4.79 Å². The lowest BCUT2D eigenvalue weighted by atomic mass is 10.0. The van der Waals surface area contributed by atoms with Crippen LogP contribution in [0.15, 0.2) is 18.3 Å². The normalized spacial score (nSPS) is 23.5. The van der Waals surface area contributed by atoms with Crippen molar-refractivity contribution in [3.05, 3.63) is 23.9 Å². The average molecular weight is 261 g/mol. The van der Waals surface area contributed by atoms with E-state index in [0.29, 0.717) is 17.4 Å². The maximum atomic E-state index is 11.8. The highest BCUT2D eigenvalue weighted by molar-refractivity contribution is 5.98. The van der Waals surface area contributed by atoms with Crippen LogP contribution in [-0.4, -0.2) is 24.0 Å². The minimum absolute atomic E-state index is 0.0856. The standard InChI is InChI=1S/C15H23N3O/c1-11-5-3-6-12(9-8-11)18-14-13(15(19)16-2)7-4-10-17-14/h4,7,10-12H,3,5-6,8-9H2,1-2H3,(H,16,19)(H,17,18). The first-order valence-corrected chi connectivity index (χ1v) is 7.14. The van der Waals surface area contributed by atoms with Crippen molar-refractivity contribution >= 4 is 11.7 Å². The van der Waals surface area contributed by atoms with Crippen LogP contribution in [0.1, 0.15) is 49.4 Å². The van der Waals surface area contributed by atoms with Crippen molar-refractivity contribution in [3.63, 3.8) is 0 Å². The molecule has 0 bridgehead atoms. The van der Waals surface area contributed by atoms with Crippen molar-refractivity contribution in [1.82, 2.24) is 10.3 Å². The summed E-state index contributed by atoms with van der Waals surface area (Å²) in [6.07, 6.45) is 7.86. The molecule has 0 spiro atoms. The summed E-state index contributed by atoms with van der Waals surface area (Å²) in [6, 6.07) is 4.04. The summed E-state index contributed by atoms with van der Waals surface area (Å²) < 4.78 is 0. The number of aromatic nitrogens is 1. The molecule has 0 aromatic carbocycles. The van der Waals surface area contributed by atoms with Crippen molar-refractivity contribution in [2.75, 3.05) is 12.4 Å².